The lowest BCUT2D eigenvalue weighted by atomic mass is 9.92. The molecule has 3 aliphatic rings. The highest BCUT2D eigenvalue weighted by atomic mass is 32.2. The van der Waals surface area contributed by atoms with E-state index in [1.54, 1.807) is 10.4 Å². The minimum Gasteiger partial charge on any atom is -0.377 e. The van der Waals surface area contributed by atoms with Gasteiger partial charge in [-0.05, 0) is 63.5 Å². The summed E-state index contributed by atoms with van der Waals surface area (Å²) in [5.74, 6) is 1.34. The molecule has 0 atom stereocenters. The zero-order valence-electron chi connectivity index (χ0n) is 26.3. The maximum atomic E-state index is 13.9. The normalized spacial score (nSPS) is 22.3. The number of nitrogens with one attached hydrogen (secondary N) is 2. The first-order valence-electron chi connectivity index (χ1n) is 16.5. The van der Waals surface area contributed by atoms with E-state index in [2.05, 4.69) is 15.2 Å². The molecule has 0 radical (unpaired) electrons. The summed E-state index contributed by atoms with van der Waals surface area (Å²) >= 11 is 0. The summed E-state index contributed by atoms with van der Waals surface area (Å²) in [5, 5.41) is 8.95. The third-order valence-electron chi connectivity index (χ3n) is 10.00. The van der Waals surface area contributed by atoms with Crippen molar-refractivity contribution in [3.8, 4) is 0 Å². The molecule has 0 unspecified atom stereocenters. The van der Waals surface area contributed by atoms with Crippen LogP contribution in [-0.4, -0.2) is 77.6 Å². The summed E-state index contributed by atoms with van der Waals surface area (Å²) in [6.45, 7) is 0.865. The summed E-state index contributed by atoms with van der Waals surface area (Å²) < 4.78 is 31.8. The number of nitrogens with zero attached hydrogens (tertiary/aromatic N) is 6. The van der Waals surface area contributed by atoms with Crippen LogP contribution in [0.15, 0.2) is 47.6 Å². The van der Waals surface area contributed by atoms with Gasteiger partial charge in [-0.3, -0.25) is 0 Å². The quantitative estimate of drug-likeness (QED) is 0.243. The van der Waals surface area contributed by atoms with E-state index in [1.807, 2.05) is 55.7 Å². The van der Waals surface area contributed by atoms with Crippen molar-refractivity contribution >= 4 is 49.4 Å². The fourth-order valence-corrected chi connectivity index (χ4v) is 9.11. The van der Waals surface area contributed by atoms with Gasteiger partial charge in [-0.25, -0.2) is 13.4 Å². The van der Waals surface area contributed by atoms with Crippen LogP contribution in [-0.2, 0) is 10.0 Å². The number of sulfonamides is 1. The Hall–Kier alpha value is -3.48. The average Bonchev–Trinajstić information content (AvgIpc) is 3.72. The summed E-state index contributed by atoms with van der Waals surface area (Å²) in [7, 11) is 0.282. The van der Waals surface area contributed by atoms with Gasteiger partial charge in [-0.15, -0.1) is 0 Å². The Balaban J connectivity index is 1.11. The number of imidazole rings is 1. The topological polar surface area (TPSA) is 134 Å². The lowest BCUT2D eigenvalue weighted by Gasteiger charge is -2.32. The number of anilines is 3. The van der Waals surface area contributed by atoms with Crippen molar-refractivity contribution < 1.29 is 8.42 Å². The number of rotatable bonds is 8. The van der Waals surface area contributed by atoms with Crippen molar-refractivity contribution in [1.29, 1.82) is 0 Å². The smallest absolute Gasteiger partial charge is 0.243 e. The summed E-state index contributed by atoms with van der Waals surface area (Å²) in [6.07, 6.45) is 12.0. The molecule has 4 N–H and O–H groups in total. The predicted molar refractivity (Wildman–Crippen MR) is 180 cm³/mol. The van der Waals surface area contributed by atoms with Crippen LogP contribution in [0.3, 0.4) is 0 Å². The van der Waals surface area contributed by atoms with Crippen molar-refractivity contribution in [2.24, 2.45) is 5.73 Å². The molecule has 2 aromatic carbocycles. The fourth-order valence-electron chi connectivity index (χ4n) is 7.43. The zero-order valence-corrected chi connectivity index (χ0v) is 27.1. The second kappa shape index (κ2) is 12.4. The van der Waals surface area contributed by atoms with Crippen molar-refractivity contribution in [2.75, 3.05) is 42.7 Å². The third-order valence-corrected chi connectivity index (χ3v) is 12.0. The van der Waals surface area contributed by atoms with Crippen molar-refractivity contribution in [3.05, 3.63) is 42.7 Å². The first kappa shape index (κ1) is 30.2. The highest BCUT2D eigenvalue weighted by molar-refractivity contribution is 7.89. The molecular weight excluding hydrogens is 586 g/mol. The molecule has 3 heterocycles. The standard InChI is InChI=1S/C33H45N9O2S/c1-40(2)28-11-5-10-27-26(28)9-6-12-29(27)45(43,44)41-19-17-24(18-20-41)36-31-30-32(42(21-35-30)25-7-3-4-8-25)39-33(38-31)37-23-15-13-22(34)14-16-23/h5-6,9-12,21-25H,3-4,7-8,13-20,34H2,1-2H3,(H2,36,37,38,39). The molecule has 240 valence electrons. The van der Waals surface area contributed by atoms with Gasteiger partial charge in [-0.1, -0.05) is 37.1 Å². The monoisotopic (exact) mass is 631 g/mol. The number of benzene rings is 2. The average molecular weight is 632 g/mol. The van der Waals surface area contributed by atoms with Gasteiger partial charge in [0, 0.05) is 67.8 Å². The van der Waals surface area contributed by atoms with E-state index in [0.29, 0.717) is 48.9 Å². The molecule has 2 aromatic heterocycles. The van der Waals surface area contributed by atoms with Gasteiger partial charge in [0.15, 0.2) is 17.0 Å². The number of hydrogen-bond donors (Lipinski definition) is 3. The minimum atomic E-state index is -3.67. The fraction of sp³-hybridized carbons (Fsp3) is 0.545. The van der Waals surface area contributed by atoms with Gasteiger partial charge in [-0.2, -0.15) is 14.3 Å². The van der Waals surface area contributed by atoms with Crippen LogP contribution in [0.2, 0.25) is 0 Å². The second-order valence-electron chi connectivity index (χ2n) is 13.3. The molecule has 12 heteroatoms. The molecule has 45 heavy (non-hydrogen) atoms. The number of nitrogens with two attached hydrogens (primary N) is 1. The molecule has 2 aliphatic carbocycles. The maximum Gasteiger partial charge on any atom is 0.243 e. The predicted octanol–water partition coefficient (Wildman–Crippen LogP) is 5.11. The van der Waals surface area contributed by atoms with Crippen LogP contribution in [0.1, 0.15) is 70.3 Å². The SMILES string of the molecule is CN(C)c1cccc2c(S(=O)(=O)N3CCC(Nc4nc(NC5CCC(N)CC5)nc5c4ncn5C4CCCC4)CC3)cccc12. The van der Waals surface area contributed by atoms with Crippen LogP contribution >= 0.6 is 0 Å². The molecule has 4 aromatic rings. The molecule has 0 spiro atoms. The first-order valence-corrected chi connectivity index (χ1v) is 17.9. The van der Waals surface area contributed by atoms with Crippen LogP contribution in [0.4, 0.5) is 17.5 Å². The second-order valence-corrected chi connectivity index (χ2v) is 15.2. The lowest BCUT2D eigenvalue weighted by Crippen LogP contribution is -2.42. The van der Waals surface area contributed by atoms with E-state index in [-0.39, 0.29) is 12.1 Å². The molecule has 0 bridgehead atoms. The van der Waals surface area contributed by atoms with Gasteiger partial charge < -0.3 is 25.8 Å². The molecule has 11 nitrogen and oxygen atoms in total. The maximum absolute atomic E-state index is 13.9. The van der Waals surface area contributed by atoms with Crippen LogP contribution in [0, 0.1) is 0 Å². The van der Waals surface area contributed by atoms with Crippen molar-refractivity contribution in [3.63, 3.8) is 0 Å². The van der Waals surface area contributed by atoms with E-state index < -0.39 is 10.0 Å². The Bertz CT molecular complexity index is 1770. The lowest BCUT2D eigenvalue weighted by molar-refractivity contribution is 0.330. The van der Waals surface area contributed by atoms with E-state index in [9.17, 15) is 8.42 Å². The van der Waals surface area contributed by atoms with Gasteiger partial charge in [0.1, 0.15) is 0 Å². The molecule has 0 amide bonds. The van der Waals surface area contributed by atoms with E-state index in [0.717, 1.165) is 72.0 Å². The Labute approximate surface area is 265 Å². The molecule has 1 saturated heterocycles. The Morgan fingerprint density at radius 2 is 1.53 bits per heavy atom. The van der Waals surface area contributed by atoms with E-state index in [4.69, 9.17) is 20.7 Å². The highest BCUT2D eigenvalue weighted by Crippen LogP contribution is 2.35. The zero-order chi connectivity index (χ0) is 31.1. The van der Waals surface area contributed by atoms with Gasteiger partial charge >= 0.3 is 0 Å². The molecular formula is C33H45N9O2S. The highest BCUT2D eigenvalue weighted by Gasteiger charge is 2.32. The van der Waals surface area contributed by atoms with Crippen molar-refractivity contribution in [2.45, 2.75) is 93.3 Å². The number of hydrogen-bond acceptors (Lipinski definition) is 9. The van der Waals surface area contributed by atoms with Crippen molar-refractivity contribution in [1.82, 2.24) is 23.8 Å². The van der Waals surface area contributed by atoms with E-state index in [1.165, 1.54) is 12.8 Å². The number of aromatic nitrogens is 4. The summed E-state index contributed by atoms with van der Waals surface area (Å²) in [4.78, 5) is 17.1. The van der Waals surface area contributed by atoms with Gasteiger partial charge in [0.25, 0.3) is 0 Å². The molecule has 1 aliphatic heterocycles. The van der Waals surface area contributed by atoms with Gasteiger partial charge in [0.2, 0.25) is 16.0 Å². The summed E-state index contributed by atoms with van der Waals surface area (Å²) in [5.41, 5.74) is 8.80. The largest absolute Gasteiger partial charge is 0.377 e. The van der Waals surface area contributed by atoms with Crippen LogP contribution < -0.4 is 21.3 Å². The van der Waals surface area contributed by atoms with E-state index >= 15 is 0 Å². The Kier molecular flexibility index (Phi) is 8.30. The number of piperidine rings is 1. The van der Waals surface area contributed by atoms with Gasteiger partial charge in [0.05, 0.1) is 11.2 Å². The molecule has 3 fully saturated rings. The third kappa shape index (κ3) is 5.95. The minimum absolute atomic E-state index is 0.0690. The molecule has 2 saturated carbocycles. The summed E-state index contributed by atoms with van der Waals surface area (Å²) in [6, 6.07) is 12.5. The molecule has 7 rings (SSSR count). The van der Waals surface area contributed by atoms with Crippen LogP contribution in [0.5, 0.6) is 0 Å². The first-order chi connectivity index (χ1) is 21.8. The Morgan fingerprint density at radius 3 is 2.27 bits per heavy atom. The number of fused-ring (bicyclic) bond motifs is 2. The van der Waals surface area contributed by atoms with Crippen LogP contribution in [0.25, 0.3) is 21.9 Å². The Morgan fingerprint density at radius 1 is 0.844 bits per heavy atom.